The van der Waals surface area contributed by atoms with Crippen LogP contribution in [-0.2, 0) is 16.1 Å². The highest BCUT2D eigenvalue weighted by atomic mass is 32.1. The largest absolute Gasteiger partial charge is 0.488 e. The zero-order valence-electron chi connectivity index (χ0n) is 17.4. The Labute approximate surface area is 179 Å². The standard InChI is InChI=1S/C23H24N2O4S/c1-23(2,3)21(27)25-22-24-18(14-30-22)17-7-5-6-8-19(17)29-13-15-9-11-16(12-10-15)20(26)28-4/h5-12,14H,13H2,1-4H3,(H,24,25,27). The monoisotopic (exact) mass is 424 g/mol. The lowest BCUT2D eigenvalue weighted by atomic mass is 9.96. The van der Waals surface area contributed by atoms with E-state index < -0.39 is 5.41 Å². The molecule has 0 aliphatic rings. The Balaban J connectivity index is 1.72. The molecule has 1 amide bonds. The summed E-state index contributed by atoms with van der Waals surface area (Å²) in [5.41, 5.74) is 2.51. The van der Waals surface area contributed by atoms with Crippen molar-refractivity contribution in [2.45, 2.75) is 27.4 Å². The van der Waals surface area contributed by atoms with Crippen molar-refractivity contribution in [2.75, 3.05) is 12.4 Å². The van der Waals surface area contributed by atoms with E-state index in [0.717, 1.165) is 16.8 Å². The molecule has 0 saturated heterocycles. The van der Waals surface area contributed by atoms with Gasteiger partial charge in [-0.1, -0.05) is 45.0 Å². The molecule has 2 aromatic carbocycles. The van der Waals surface area contributed by atoms with Crippen LogP contribution in [0.25, 0.3) is 11.3 Å². The third-order valence-corrected chi connectivity index (χ3v) is 5.10. The fraction of sp³-hybridized carbons (Fsp3) is 0.261. The maximum absolute atomic E-state index is 12.2. The van der Waals surface area contributed by atoms with Crippen LogP contribution < -0.4 is 10.1 Å². The number of nitrogens with one attached hydrogen (secondary N) is 1. The van der Waals surface area contributed by atoms with Gasteiger partial charge >= 0.3 is 5.97 Å². The SMILES string of the molecule is COC(=O)c1ccc(COc2ccccc2-c2csc(NC(=O)C(C)(C)C)n2)cc1. The zero-order valence-corrected chi connectivity index (χ0v) is 18.2. The molecule has 30 heavy (non-hydrogen) atoms. The summed E-state index contributed by atoms with van der Waals surface area (Å²) >= 11 is 1.38. The molecule has 156 valence electrons. The van der Waals surface area contributed by atoms with Crippen LogP contribution in [0.5, 0.6) is 5.75 Å². The molecule has 0 aliphatic heterocycles. The molecule has 1 heterocycles. The van der Waals surface area contributed by atoms with E-state index in [9.17, 15) is 9.59 Å². The quantitative estimate of drug-likeness (QED) is 0.553. The van der Waals surface area contributed by atoms with Crippen molar-refractivity contribution in [2.24, 2.45) is 5.41 Å². The number of carbonyl (C=O) groups is 2. The molecule has 1 N–H and O–H groups in total. The molecule has 6 nitrogen and oxygen atoms in total. The maximum atomic E-state index is 12.2. The second-order valence-corrected chi connectivity index (χ2v) is 8.57. The van der Waals surface area contributed by atoms with Gasteiger partial charge in [0.2, 0.25) is 5.91 Å². The summed E-state index contributed by atoms with van der Waals surface area (Å²) < 4.78 is 10.7. The molecule has 3 rings (SSSR count). The molecule has 0 saturated carbocycles. The molecule has 7 heteroatoms. The van der Waals surface area contributed by atoms with Crippen molar-refractivity contribution in [1.29, 1.82) is 0 Å². The number of rotatable bonds is 6. The molecule has 0 spiro atoms. The van der Waals surface area contributed by atoms with Crippen LogP contribution in [0.3, 0.4) is 0 Å². The number of para-hydroxylation sites is 1. The van der Waals surface area contributed by atoms with Gasteiger partial charge in [0.15, 0.2) is 5.13 Å². The highest BCUT2D eigenvalue weighted by molar-refractivity contribution is 7.14. The summed E-state index contributed by atoms with van der Waals surface area (Å²) in [6, 6.07) is 14.7. The number of thiazole rings is 1. The van der Waals surface area contributed by atoms with E-state index in [1.165, 1.54) is 18.4 Å². The lowest BCUT2D eigenvalue weighted by Gasteiger charge is -2.16. The number of hydrogen-bond acceptors (Lipinski definition) is 6. The number of aromatic nitrogens is 1. The van der Waals surface area contributed by atoms with E-state index in [2.05, 4.69) is 10.3 Å². The Morgan fingerprint density at radius 3 is 2.43 bits per heavy atom. The minimum Gasteiger partial charge on any atom is -0.488 e. The predicted molar refractivity (Wildman–Crippen MR) is 118 cm³/mol. The molecular weight excluding hydrogens is 400 g/mol. The van der Waals surface area contributed by atoms with Crippen molar-refractivity contribution in [3.05, 3.63) is 65.0 Å². The Kier molecular flexibility index (Phi) is 6.52. The normalized spacial score (nSPS) is 11.1. The maximum Gasteiger partial charge on any atom is 0.337 e. The van der Waals surface area contributed by atoms with Gasteiger partial charge in [0.25, 0.3) is 0 Å². The Morgan fingerprint density at radius 1 is 1.07 bits per heavy atom. The highest BCUT2D eigenvalue weighted by Crippen LogP contribution is 2.33. The van der Waals surface area contributed by atoms with Crippen LogP contribution in [0.4, 0.5) is 5.13 Å². The van der Waals surface area contributed by atoms with Gasteiger partial charge in [-0.15, -0.1) is 11.3 Å². The summed E-state index contributed by atoms with van der Waals surface area (Å²) in [5.74, 6) is 0.239. The van der Waals surface area contributed by atoms with E-state index in [4.69, 9.17) is 9.47 Å². The molecule has 1 aromatic heterocycles. The fourth-order valence-corrected chi connectivity index (χ4v) is 3.27. The summed E-state index contributed by atoms with van der Waals surface area (Å²) in [6.45, 7) is 5.92. The van der Waals surface area contributed by atoms with Gasteiger partial charge in [-0.25, -0.2) is 9.78 Å². The predicted octanol–water partition coefficient (Wildman–Crippen LogP) is 5.16. The Hall–Kier alpha value is -3.19. The van der Waals surface area contributed by atoms with Crippen LogP contribution in [0.2, 0.25) is 0 Å². The first-order valence-electron chi connectivity index (χ1n) is 9.44. The lowest BCUT2D eigenvalue weighted by Crippen LogP contribution is -2.27. The van der Waals surface area contributed by atoms with Crippen molar-refractivity contribution < 1.29 is 19.1 Å². The lowest BCUT2D eigenvalue weighted by molar-refractivity contribution is -0.123. The van der Waals surface area contributed by atoms with E-state index in [-0.39, 0.29) is 11.9 Å². The molecule has 3 aromatic rings. The van der Waals surface area contributed by atoms with Crippen LogP contribution in [0.1, 0.15) is 36.7 Å². The van der Waals surface area contributed by atoms with Gasteiger partial charge in [-0.3, -0.25) is 4.79 Å². The van der Waals surface area contributed by atoms with Crippen molar-refractivity contribution in [3.63, 3.8) is 0 Å². The number of methoxy groups -OCH3 is 1. The van der Waals surface area contributed by atoms with E-state index in [0.29, 0.717) is 23.1 Å². The summed E-state index contributed by atoms with van der Waals surface area (Å²) in [6.07, 6.45) is 0. The summed E-state index contributed by atoms with van der Waals surface area (Å²) in [4.78, 5) is 28.3. The molecule has 0 fully saturated rings. The third kappa shape index (κ3) is 5.24. The second-order valence-electron chi connectivity index (χ2n) is 7.72. The van der Waals surface area contributed by atoms with Crippen molar-refractivity contribution in [1.82, 2.24) is 4.98 Å². The second kappa shape index (κ2) is 9.09. The van der Waals surface area contributed by atoms with Crippen LogP contribution in [0.15, 0.2) is 53.9 Å². The van der Waals surface area contributed by atoms with Crippen LogP contribution >= 0.6 is 11.3 Å². The molecule has 0 atom stereocenters. The number of nitrogens with zero attached hydrogens (tertiary/aromatic N) is 1. The van der Waals surface area contributed by atoms with Gasteiger partial charge in [0.05, 0.1) is 18.4 Å². The number of anilines is 1. The van der Waals surface area contributed by atoms with Gasteiger partial charge < -0.3 is 14.8 Å². The minimum absolute atomic E-state index is 0.0802. The smallest absolute Gasteiger partial charge is 0.337 e. The first kappa shape index (κ1) is 21.5. The average Bonchev–Trinajstić information content (AvgIpc) is 3.20. The molecule has 0 unspecified atom stereocenters. The number of hydrogen-bond donors (Lipinski definition) is 1. The highest BCUT2D eigenvalue weighted by Gasteiger charge is 2.22. The van der Waals surface area contributed by atoms with Crippen LogP contribution in [0, 0.1) is 5.41 Å². The molecule has 0 bridgehead atoms. The number of ether oxygens (including phenoxy) is 2. The number of amides is 1. The number of carbonyl (C=O) groups excluding carboxylic acids is 2. The summed E-state index contributed by atoms with van der Waals surface area (Å²) in [5, 5.41) is 5.31. The van der Waals surface area contributed by atoms with E-state index in [1.807, 2.05) is 62.5 Å². The number of benzene rings is 2. The van der Waals surface area contributed by atoms with Gasteiger partial charge in [-0.2, -0.15) is 0 Å². The van der Waals surface area contributed by atoms with Gasteiger partial charge in [-0.05, 0) is 29.8 Å². The number of esters is 1. The van der Waals surface area contributed by atoms with Crippen molar-refractivity contribution in [3.8, 4) is 17.0 Å². The molecular formula is C23H24N2O4S. The van der Waals surface area contributed by atoms with Gasteiger partial charge in [0, 0.05) is 16.4 Å². The van der Waals surface area contributed by atoms with Gasteiger partial charge in [0.1, 0.15) is 12.4 Å². The fourth-order valence-electron chi connectivity index (χ4n) is 2.56. The van der Waals surface area contributed by atoms with Crippen LogP contribution in [-0.4, -0.2) is 24.0 Å². The third-order valence-electron chi connectivity index (χ3n) is 4.34. The zero-order chi connectivity index (χ0) is 21.7. The minimum atomic E-state index is -0.490. The van der Waals surface area contributed by atoms with E-state index in [1.54, 1.807) is 12.1 Å². The van der Waals surface area contributed by atoms with E-state index >= 15 is 0 Å². The average molecular weight is 425 g/mol. The first-order chi connectivity index (χ1) is 14.3. The topological polar surface area (TPSA) is 77.5 Å². The Morgan fingerprint density at radius 2 is 1.77 bits per heavy atom. The molecule has 0 aliphatic carbocycles. The Bertz CT molecular complexity index is 1040. The van der Waals surface area contributed by atoms with Crippen molar-refractivity contribution >= 4 is 28.3 Å². The summed E-state index contributed by atoms with van der Waals surface area (Å²) in [7, 11) is 1.36. The molecule has 0 radical (unpaired) electrons. The first-order valence-corrected chi connectivity index (χ1v) is 10.3.